The van der Waals surface area contributed by atoms with E-state index in [1.165, 1.54) is 5.56 Å². The predicted molar refractivity (Wildman–Crippen MR) is 157 cm³/mol. The lowest BCUT2D eigenvalue weighted by molar-refractivity contribution is -0.142. The molecule has 2 aromatic rings. The van der Waals surface area contributed by atoms with Crippen LogP contribution in [0.4, 0.5) is 5.82 Å². The highest BCUT2D eigenvalue weighted by molar-refractivity contribution is 5.83. The molecule has 0 radical (unpaired) electrons. The Kier molecular flexibility index (Phi) is 12.1. The summed E-state index contributed by atoms with van der Waals surface area (Å²) in [6.45, 7) is 5.42. The number of ether oxygens (including phenoxy) is 1. The van der Waals surface area contributed by atoms with Crippen LogP contribution < -0.4 is 20.7 Å². The number of rotatable bonds is 16. The fraction of sp³-hybridized carbons (Fsp3) is 0.581. The molecule has 1 saturated heterocycles. The average molecular weight is 552 g/mol. The molecule has 218 valence electrons. The standard InChI is InChI=1S/C31H45N5O4/c37-29(23-24-13-17-32-18-14-24)35-28(31(38)39)15-20-36(21-22-40-27-9-2-1-3-10-27)19-5-4-8-26-12-11-25-7-6-16-33-30(25)34-26/h1-3,9-12,24,28,32H,4-8,13-23H2,(H,33,34)(H,35,37)(H,38,39). The Bertz CT molecular complexity index is 1060. The third-order valence-electron chi connectivity index (χ3n) is 7.83. The van der Waals surface area contributed by atoms with Crippen LogP contribution in [-0.4, -0.2) is 78.8 Å². The van der Waals surface area contributed by atoms with Crippen LogP contribution in [0.2, 0.25) is 0 Å². The van der Waals surface area contributed by atoms with E-state index in [4.69, 9.17) is 9.72 Å². The van der Waals surface area contributed by atoms with Crippen LogP contribution in [0.25, 0.3) is 0 Å². The number of aromatic nitrogens is 1. The third-order valence-corrected chi connectivity index (χ3v) is 7.83. The van der Waals surface area contributed by atoms with E-state index in [-0.39, 0.29) is 5.91 Å². The Morgan fingerprint density at radius 3 is 2.67 bits per heavy atom. The zero-order chi connectivity index (χ0) is 28.0. The Balaban J connectivity index is 1.25. The fourth-order valence-corrected chi connectivity index (χ4v) is 5.46. The lowest BCUT2D eigenvalue weighted by Crippen LogP contribution is -2.44. The van der Waals surface area contributed by atoms with E-state index in [0.29, 0.717) is 38.5 Å². The number of benzene rings is 1. The number of hydrogen-bond donors (Lipinski definition) is 4. The number of anilines is 1. The number of aliphatic carboxylic acids is 1. The molecule has 1 fully saturated rings. The van der Waals surface area contributed by atoms with Gasteiger partial charge in [-0.2, -0.15) is 0 Å². The lowest BCUT2D eigenvalue weighted by Gasteiger charge is -2.25. The number of pyridine rings is 1. The van der Waals surface area contributed by atoms with Gasteiger partial charge in [-0.3, -0.25) is 9.69 Å². The Labute approximate surface area is 238 Å². The summed E-state index contributed by atoms with van der Waals surface area (Å²) in [5, 5.41) is 19.3. The smallest absolute Gasteiger partial charge is 0.326 e. The quantitative estimate of drug-likeness (QED) is 0.234. The van der Waals surface area contributed by atoms with Gasteiger partial charge in [0.05, 0.1) is 0 Å². The summed E-state index contributed by atoms with van der Waals surface area (Å²) in [6.07, 6.45) is 7.79. The van der Waals surface area contributed by atoms with Crippen molar-refractivity contribution in [1.29, 1.82) is 0 Å². The molecule has 1 amide bonds. The second kappa shape index (κ2) is 16.2. The summed E-state index contributed by atoms with van der Waals surface area (Å²) in [5.74, 6) is 1.03. The molecule has 1 aromatic carbocycles. The molecule has 0 saturated carbocycles. The zero-order valence-electron chi connectivity index (χ0n) is 23.6. The summed E-state index contributed by atoms with van der Waals surface area (Å²) < 4.78 is 5.92. The topological polar surface area (TPSA) is 116 Å². The summed E-state index contributed by atoms with van der Waals surface area (Å²) in [5.41, 5.74) is 2.41. The van der Waals surface area contributed by atoms with Gasteiger partial charge in [0.1, 0.15) is 24.2 Å². The van der Waals surface area contributed by atoms with Crippen LogP contribution >= 0.6 is 0 Å². The van der Waals surface area contributed by atoms with E-state index in [1.807, 2.05) is 30.3 Å². The van der Waals surface area contributed by atoms with Crippen LogP contribution in [0.1, 0.15) is 56.2 Å². The third kappa shape index (κ3) is 10.1. The molecule has 3 heterocycles. The molecule has 1 unspecified atom stereocenters. The van der Waals surface area contributed by atoms with Gasteiger partial charge in [-0.1, -0.05) is 24.3 Å². The summed E-state index contributed by atoms with van der Waals surface area (Å²) in [6, 6.07) is 13.2. The fourth-order valence-electron chi connectivity index (χ4n) is 5.46. The number of hydrogen-bond acceptors (Lipinski definition) is 7. The van der Waals surface area contributed by atoms with E-state index >= 15 is 0 Å². The number of carbonyl (C=O) groups is 2. The number of para-hydroxylation sites is 1. The molecule has 4 rings (SSSR count). The maximum Gasteiger partial charge on any atom is 0.326 e. The number of carboxylic acid groups (broad SMARTS) is 1. The van der Waals surface area contributed by atoms with Crippen molar-refractivity contribution < 1.29 is 19.4 Å². The van der Waals surface area contributed by atoms with E-state index in [0.717, 1.165) is 88.4 Å². The van der Waals surface area contributed by atoms with Crippen LogP contribution in [0.5, 0.6) is 5.75 Å². The number of aryl methyl sites for hydroxylation is 2. The molecular weight excluding hydrogens is 506 g/mol. The number of amides is 1. The van der Waals surface area contributed by atoms with Gasteiger partial charge in [0, 0.05) is 31.7 Å². The number of carboxylic acids is 1. The van der Waals surface area contributed by atoms with Gasteiger partial charge >= 0.3 is 5.97 Å². The number of piperidine rings is 1. The van der Waals surface area contributed by atoms with Gasteiger partial charge in [0.2, 0.25) is 5.91 Å². The van der Waals surface area contributed by atoms with Gasteiger partial charge in [0.25, 0.3) is 0 Å². The highest BCUT2D eigenvalue weighted by Crippen LogP contribution is 2.20. The van der Waals surface area contributed by atoms with Gasteiger partial charge in [-0.05, 0) is 101 Å². The highest BCUT2D eigenvalue weighted by Gasteiger charge is 2.23. The second-order valence-corrected chi connectivity index (χ2v) is 10.9. The van der Waals surface area contributed by atoms with Crippen molar-refractivity contribution in [3.8, 4) is 5.75 Å². The first kappa shape index (κ1) is 29.8. The van der Waals surface area contributed by atoms with Crippen LogP contribution in [0, 0.1) is 5.92 Å². The van der Waals surface area contributed by atoms with Crippen molar-refractivity contribution in [1.82, 2.24) is 20.5 Å². The molecule has 1 atom stereocenters. The first-order chi connectivity index (χ1) is 19.6. The number of carbonyl (C=O) groups excluding carboxylic acids is 1. The summed E-state index contributed by atoms with van der Waals surface area (Å²) in [4.78, 5) is 31.6. The number of unbranched alkanes of at least 4 members (excludes halogenated alkanes) is 1. The van der Waals surface area contributed by atoms with Gasteiger partial charge in [-0.15, -0.1) is 0 Å². The van der Waals surface area contributed by atoms with Crippen molar-refractivity contribution in [2.24, 2.45) is 5.92 Å². The normalized spacial score (nSPS) is 16.1. The van der Waals surface area contributed by atoms with Crippen LogP contribution in [0.15, 0.2) is 42.5 Å². The molecular formula is C31H45N5O4. The SMILES string of the molecule is O=C(CC1CCNCC1)NC(CCN(CCCCc1ccc2c(n1)NCCC2)CCOc1ccccc1)C(=O)O. The number of fused-ring (bicyclic) bond motifs is 1. The molecule has 1 aromatic heterocycles. The minimum Gasteiger partial charge on any atom is -0.492 e. The molecule has 0 bridgehead atoms. The molecule has 0 aliphatic carbocycles. The average Bonchev–Trinajstić information content (AvgIpc) is 2.97. The van der Waals surface area contributed by atoms with Gasteiger partial charge in [0.15, 0.2) is 0 Å². The molecule has 9 nitrogen and oxygen atoms in total. The maximum absolute atomic E-state index is 12.6. The largest absolute Gasteiger partial charge is 0.492 e. The molecule has 4 N–H and O–H groups in total. The Morgan fingerprint density at radius 2 is 1.88 bits per heavy atom. The summed E-state index contributed by atoms with van der Waals surface area (Å²) in [7, 11) is 0. The van der Waals surface area contributed by atoms with E-state index < -0.39 is 12.0 Å². The van der Waals surface area contributed by atoms with Gasteiger partial charge < -0.3 is 25.8 Å². The second-order valence-electron chi connectivity index (χ2n) is 10.9. The molecule has 40 heavy (non-hydrogen) atoms. The van der Waals surface area contributed by atoms with Crippen molar-refractivity contribution in [2.45, 2.75) is 63.8 Å². The van der Waals surface area contributed by atoms with Crippen molar-refractivity contribution in [2.75, 3.05) is 51.2 Å². The van der Waals surface area contributed by atoms with Crippen molar-refractivity contribution >= 4 is 17.7 Å². The van der Waals surface area contributed by atoms with Crippen molar-refractivity contribution in [3.63, 3.8) is 0 Å². The van der Waals surface area contributed by atoms with Crippen LogP contribution in [0.3, 0.4) is 0 Å². The lowest BCUT2D eigenvalue weighted by atomic mass is 9.94. The highest BCUT2D eigenvalue weighted by atomic mass is 16.5. The first-order valence-electron chi connectivity index (χ1n) is 14.9. The van der Waals surface area contributed by atoms with Crippen LogP contribution in [-0.2, 0) is 22.4 Å². The molecule has 0 spiro atoms. The zero-order valence-corrected chi connectivity index (χ0v) is 23.6. The van der Waals surface area contributed by atoms with E-state index in [9.17, 15) is 14.7 Å². The van der Waals surface area contributed by atoms with E-state index in [2.05, 4.69) is 33.0 Å². The predicted octanol–water partition coefficient (Wildman–Crippen LogP) is 3.49. The molecule has 9 heteroatoms. The van der Waals surface area contributed by atoms with E-state index in [1.54, 1.807) is 0 Å². The van der Waals surface area contributed by atoms with Crippen molar-refractivity contribution in [3.05, 3.63) is 53.7 Å². The molecule has 2 aliphatic rings. The number of nitrogens with one attached hydrogen (secondary N) is 3. The first-order valence-corrected chi connectivity index (χ1v) is 14.9. The minimum atomic E-state index is -0.980. The Hall–Kier alpha value is -3.17. The van der Waals surface area contributed by atoms with Gasteiger partial charge in [-0.25, -0.2) is 9.78 Å². The number of nitrogens with zero attached hydrogens (tertiary/aromatic N) is 2. The summed E-state index contributed by atoms with van der Waals surface area (Å²) >= 11 is 0. The monoisotopic (exact) mass is 551 g/mol. The molecule has 2 aliphatic heterocycles. The Morgan fingerprint density at radius 1 is 1.05 bits per heavy atom. The maximum atomic E-state index is 12.6. The minimum absolute atomic E-state index is 0.162.